The van der Waals surface area contributed by atoms with Gasteiger partial charge in [0, 0.05) is 35.6 Å². The molecule has 4 nitrogen and oxygen atoms in total. The number of benzene rings is 3. The summed E-state index contributed by atoms with van der Waals surface area (Å²) in [5.74, 6) is 0. The highest BCUT2D eigenvalue weighted by atomic mass is 15.0. The number of aromatic nitrogens is 4. The fourth-order valence-electron chi connectivity index (χ4n) is 3.96. The van der Waals surface area contributed by atoms with Gasteiger partial charge in [0.15, 0.2) is 5.65 Å². The average molecular weight is 320 g/mol. The molecule has 0 N–H and O–H groups in total. The summed E-state index contributed by atoms with van der Waals surface area (Å²) in [6.45, 7) is 0. The van der Waals surface area contributed by atoms with E-state index in [9.17, 15) is 0 Å². The summed E-state index contributed by atoms with van der Waals surface area (Å²) in [5, 5.41) is 7.10. The molecule has 0 bridgehead atoms. The van der Waals surface area contributed by atoms with Crippen LogP contribution >= 0.6 is 0 Å². The number of nitrogens with zero attached hydrogens (tertiary/aromatic N) is 4. The zero-order chi connectivity index (χ0) is 16.4. The van der Waals surface area contributed by atoms with Gasteiger partial charge in [-0.15, -0.1) is 0 Å². The van der Waals surface area contributed by atoms with E-state index in [1.807, 2.05) is 16.8 Å². The average Bonchev–Trinajstić information content (AvgIpc) is 3.17. The van der Waals surface area contributed by atoms with Crippen molar-refractivity contribution in [3.8, 4) is 0 Å². The van der Waals surface area contributed by atoms with Crippen molar-refractivity contribution in [2.75, 3.05) is 0 Å². The van der Waals surface area contributed by atoms with Crippen LogP contribution in [-0.2, 0) is 0 Å². The van der Waals surface area contributed by atoms with E-state index in [0.29, 0.717) is 0 Å². The maximum Gasteiger partial charge on any atom is 0.165 e. The Morgan fingerprint density at radius 3 is 1.92 bits per heavy atom. The van der Waals surface area contributed by atoms with Gasteiger partial charge in [-0.25, -0.2) is 9.97 Å². The Morgan fingerprint density at radius 2 is 1.16 bits per heavy atom. The first-order chi connectivity index (χ1) is 12.4. The third kappa shape index (κ3) is 1.53. The highest BCUT2D eigenvalue weighted by Gasteiger charge is 2.17. The second-order valence-electron chi connectivity index (χ2n) is 6.19. The normalized spacial score (nSPS) is 12.0. The molecule has 4 heteroatoms. The Balaban J connectivity index is 2.15. The molecule has 0 spiro atoms. The molecule has 0 saturated carbocycles. The molecule has 25 heavy (non-hydrogen) atoms. The van der Waals surface area contributed by atoms with E-state index in [4.69, 9.17) is 0 Å². The summed E-state index contributed by atoms with van der Waals surface area (Å²) >= 11 is 0. The summed E-state index contributed by atoms with van der Waals surface area (Å²) < 4.78 is 2.03. The van der Waals surface area contributed by atoms with Crippen LogP contribution in [0.5, 0.6) is 0 Å². The molecule has 3 heterocycles. The van der Waals surface area contributed by atoms with Gasteiger partial charge < -0.3 is 0 Å². The molecule has 116 valence electrons. The molecule has 0 radical (unpaired) electrons. The lowest BCUT2D eigenvalue weighted by atomic mass is 9.94. The van der Waals surface area contributed by atoms with Gasteiger partial charge in [0.1, 0.15) is 11.2 Å². The predicted molar refractivity (Wildman–Crippen MR) is 101 cm³/mol. The lowest BCUT2D eigenvalue weighted by molar-refractivity contribution is 1.17. The van der Waals surface area contributed by atoms with E-state index in [0.717, 1.165) is 27.6 Å². The van der Waals surface area contributed by atoms with Crippen LogP contribution in [-0.4, -0.2) is 19.4 Å². The van der Waals surface area contributed by atoms with E-state index < -0.39 is 0 Å². The molecule has 0 fully saturated rings. The van der Waals surface area contributed by atoms with E-state index in [1.54, 1.807) is 12.4 Å². The van der Waals surface area contributed by atoms with E-state index in [-0.39, 0.29) is 0 Å². The van der Waals surface area contributed by atoms with E-state index >= 15 is 0 Å². The number of rotatable bonds is 0. The number of imidazole rings is 1. The standard InChI is InChI=1S/C21H12N4/c1-3-7-15-13(5-1)14-6-2-4-8-16(14)18-17(15)19-21(23-10-9-22-19)25-12-11-24-20(18)25/h1-12H. The molecule has 0 atom stereocenters. The first-order valence-electron chi connectivity index (χ1n) is 8.22. The monoisotopic (exact) mass is 320 g/mol. The van der Waals surface area contributed by atoms with Crippen molar-refractivity contribution in [1.82, 2.24) is 19.4 Å². The van der Waals surface area contributed by atoms with Gasteiger partial charge in [-0.1, -0.05) is 48.5 Å². The van der Waals surface area contributed by atoms with E-state index in [1.165, 1.54) is 21.5 Å². The number of pyridine rings is 1. The molecule has 3 aromatic heterocycles. The predicted octanol–water partition coefficient (Wildman–Crippen LogP) is 4.74. The van der Waals surface area contributed by atoms with Gasteiger partial charge in [0.25, 0.3) is 0 Å². The SMILES string of the molecule is c1ccc2c(c1)c1ccccc1c1c2c2nccnc2n2ccnc12. The Labute approximate surface area is 142 Å². The minimum Gasteiger partial charge on any atom is -0.282 e. The van der Waals surface area contributed by atoms with Crippen molar-refractivity contribution in [3.05, 3.63) is 73.3 Å². The summed E-state index contributed by atoms with van der Waals surface area (Å²) in [6, 6.07) is 17.0. The molecule has 0 amide bonds. The molecule has 0 aliphatic rings. The van der Waals surface area contributed by atoms with Crippen LogP contribution in [0.4, 0.5) is 0 Å². The van der Waals surface area contributed by atoms with Crippen LogP contribution in [0.15, 0.2) is 73.3 Å². The summed E-state index contributed by atoms with van der Waals surface area (Å²) in [4.78, 5) is 13.9. The van der Waals surface area contributed by atoms with Gasteiger partial charge in [-0.3, -0.25) is 9.38 Å². The second kappa shape index (κ2) is 4.51. The highest BCUT2D eigenvalue weighted by molar-refractivity contribution is 6.33. The molecular weight excluding hydrogens is 308 g/mol. The molecule has 0 unspecified atom stereocenters. The Morgan fingerprint density at radius 1 is 0.560 bits per heavy atom. The maximum atomic E-state index is 4.68. The van der Waals surface area contributed by atoms with Crippen molar-refractivity contribution in [2.45, 2.75) is 0 Å². The highest BCUT2D eigenvalue weighted by Crippen LogP contribution is 2.39. The number of hydrogen-bond donors (Lipinski definition) is 0. The van der Waals surface area contributed by atoms with Crippen molar-refractivity contribution in [3.63, 3.8) is 0 Å². The molecule has 0 aliphatic heterocycles. The van der Waals surface area contributed by atoms with Crippen LogP contribution in [0.2, 0.25) is 0 Å². The van der Waals surface area contributed by atoms with Gasteiger partial charge >= 0.3 is 0 Å². The first kappa shape index (κ1) is 12.8. The van der Waals surface area contributed by atoms with E-state index in [2.05, 4.69) is 63.5 Å². The number of hydrogen-bond acceptors (Lipinski definition) is 3. The quantitative estimate of drug-likeness (QED) is 0.380. The first-order valence-corrected chi connectivity index (χ1v) is 8.22. The van der Waals surface area contributed by atoms with Gasteiger partial charge in [-0.2, -0.15) is 0 Å². The summed E-state index contributed by atoms with van der Waals surface area (Å²) in [6.07, 6.45) is 7.27. The van der Waals surface area contributed by atoms with Crippen LogP contribution in [0.1, 0.15) is 0 Å². The molecular formula is C21H12N4. The van der Waals surface area contributed by atoms with Crippen LogP contribution in [0, 0.1) is 0 Å². The number of fused-ring (bicyclic) bond motifs is 11. The maximum absolute atomic E-state index is 4.68. The third-order valence-corrected chi connectivity index (χ3v) is 4.94. The minimum absolute atomic E-state index is 0.836. The second-order valence-corrected chi connectivity index (χ2v) is 6.19. The Bertz CT molecular complexity index is 1440. The van der Waals surface area contributed by atoms with Crippen LogP contribution in [0.25, 0.3) is 49.1 Å². The fourth-order valence-corrected chi connectivity index (χ4v) is 3.96. The molecule has 0 aliphatic carbocycles. The molecule has 0 saturated heterocycles. The molecule has 6 rings (SSSR count). The Hall–Kier alpha value is -3.53. The minimum atomic E-state index is 0.836. The molecule has 3 aromatic carbocycles. The fraction of sp³-hybridized carbons (Fsp3) is 0. The van der Waals surface area contributed by atoms with Crippen molar-refractivity contribution >= 4 is 49.1 Å². The van der Waals surface area contributed by atoms with Gasteiger partial charge in [0.05, 0.1) is 0 Å². The Kier molecular flexibility index (Phi) is 2.32. The largest absolute Gasteiger partial charge is 0.282 e. The van der Waals surface area contributed by atoms with Gasteiger partial charge in [0.2, 0.25) is 0 Å². The van der Waals surface area contributed by atoms with Gasteiger partial charge in [-0.05, 0) is 21.5 Å². The smallest absolute Gasteiger partial charge is 0.165 e. The summed E-state index contributed by atoms with van der Waals surface area (Å²) in [5.41, 5.74) is 2.66. The lowest BCUT2D eigenvalue weighted by Gasteiger charge is -2.13. The lowest BCUT2D eigenvalue weighted by Crippen LogP contribution is -1.96. The van der Waals surface area contributed by atoms with Crippen molar-refractivity contribution < 1.29 is 0 Å². The van der Waals surface area contributed by atoms with Crippen LogP contribution < -0.4 is 0 Å². The van der Waals surface area contributed by atoms with Crippen molar-refractivity contribution in [2.24, 2.45) is 0 Å². The van der Waals surface area contributed by atoms with Crippen molar-refractivity contribution in [1.29, 1.82) is 0 Å². The summed E-state index contributed by atoms with van der Waals surface area (Å²) in [7, 11) is 0. The topological polar surface area (TPSA) is 43.1 Å². The third-order valence-electron chi connectivity index (χ3n) is 4.94. The molecule has 6 aromatic rings. The van der Waals surface area contributed by atoms with Crippen LogP contribution in [0.3, 0.4) is 0 Å². The zero-order valence-corrected chi connectivity index (χ0v) is 13.2. The zero-order valence-electron chi connectivity index (χ0n) is 13.2.